The van der Waals surface area contributed by atoms with E-state index in [-0.39, 0.29) is 5.69 Å². The van der Waals surface area contributed by atoms with Crippen molar-refractivity contribution < 1.29 is 13.2 Å². The topological polar surface area (TPSA) is 29.3 Å². The molecule has 112 valence electrons. The Hall–Kier alpha value is -1.69. The molecule has 0 unspecified atom stereocenters. The molecule has 0 bridgehead atoms. The number of nitrogens with two attached hydrogens (primary N) is 1. The molecule has 0 atom stereocenters. The van der Waals surface area contributed by atoms with Crippen molar-refractivity contribution in [1.82, 2.24) is 0 Å². The standard InChI is InChI=1S/C15H14BrF3N2/c1-21(9-10-2-5-12(16)6-3-10)14-7-4-11(8-13(14)20)15(17,18)19/h2-8H,9,20H2,1H3. The molecule has 0 aromatic heterocycles. The highest BCUT2D eigenvalue weighted by Crippen LogP contribution is 2.34. The molecule has 6 heteroatoms. The number of anilines is 2. The van der Waals surface area contributed by atoms with Crippen LogP contribution >= 0.6 is 15.9 Å². The first-order valence-electron chi connectivity index (χ1n) is 6.19. The Bertz CT molecular complexity index is 624. The molecular weight excluding hydrogens is 345 g/mol. The Morgan fingerprint density at radius 3 is 2.24 bits per heavy atom. The molecule has 2 aromatic carbocycles. The van der Waals surface area contributed by atoms with Crippen molar-refractivity contribution in [2.45, 2.75) is 12.7 Å². The number of alkyl halides is 3. The Labute approximate surface area is 129 Å². The lowest BCUT2D eigenvalue weighted by Crippen LogP contribution is -2.18. The summed E-state index contributed by atoms with van der Waals surface area (Å²) in [6.45, 7) is 0.558. The molecule has 21 heavy (non-hydrogen) atoms. The predicted octanol–water partition coefficient (Wildman–Crippen LogP) is 4.69. The molecular formula is C15H14BrF3N2. The highest BCUT2D eigenvalue weighted by atomic mass is 79.9. The minimum Gasteiger partial charge on any atom is -0.397 e. The van der Waals surface area contributed by atoms with Crippen LogP contribution < -0.4 is 10.6 Å². The number of halogens is 4. The van der Waals surface area contributed by atoms with E-state index in [1.165, 1.54) is 6.07 Å². The van der Waals surface area contributed by atoms with E-state index in [9.17, 15) is 13.2 Å². The van der Waals surface area contributed by atoms with Crippen molar-refractivity contribution in [1.29, 1.82) is 0 Å². The van der Waals surface area contributed by atoms with Crippen molar-refractivity contribution in [3.05, 3.63) is 58.1 Å². The predicted molar refractivity (Wildman–Crippen MR) is 82.1 cm³/mol. The van der Waals surface area contributed by atoms with Crippen molar-refractivity contribution in [3.63, 3.8) is 0 Å². The second-order valence-electron chi connectivity index (χ2n) is 4.75. The molecule has 0 aliphatic carbocycles. The Morgan fingerprint density at radius 2 is 1.71 bits per heavy atom. The lowest BCUT2D eigenvalue weighted by molar-refractivity contribution is -0.137. The van der Waals surface area contributed by atoms with Crippen LogP contribution in [0.25, 0.3) is 0 Å². The van der Waals surface area contributed by atoms with Crippen molar-refractivity contribution in [3.8, 4) is 0 Å². The van der Waals surface area contributed by atoms with Gasteiger partial charge in [-0.05, 0) is 35.9 Å². The SMILES string of the molecule is CN(Cc1ccc(Br)cc1)c1ccc(C(F)(F)F)cc1N. The van der Waals surface area contributed by atoms with Crippen molar-refractivity contribution in [2.24, 2.45) is 0 Å². The minimum absolute atomic E-state index is 0.115. The summed E-state index contributed by atoms with van der Waals surface area (Å²) >= 11 is 3.35. The monoisotopic (exact) mass is 358 g/mol. The number of hydrogen-bond acceptors (Lipinski definition) is 2. The van der Waals surface area contributed by atoms with Gasteiger partial charge in [-0.1, -0.05) is 28.1 Å². The third kappa shape index (κ3) is 3.91. The minimum atomic E-state index is -4.38. The lowest BCUT2D eigenvalue weighted by Gasteiger charge is -2.22. The summed E-state index contributed by atoms with van der Waals surface area (Å²) in [5.74, 6) is 0. The first-order valence-corrected chi connectivity index (χ1v) is 6.99. The zero-order valence-electron chi connectivity index (χ0n) is 11.3. The van der Waals surface area contributed by atoms with Gasteiger partial charge in [-0.25, -0.2) is 0 Å². The van der Waals surface area contributed by atoms with Gasteiger partial charge in [0.15, 0.2) is 0 Å². The number of rotatable bonds is 3. The number of nitrogens with zero attached hydrogens (tertiary/aromatic N) is 1. The maximum absolute atomic E-state index is 12.6. The molecule has 2 rings (SSSR count). The molecule has 0 amide bonds. The van der Waals surface area contributed by atoms with E-state index in [0.717, 1.165) is 22.2 Å². The smallest absolute Gasteiger partial charge is 0.397 e. The quantitative estimate of drug-likeness (QED) is 0.806. The summed E-state index contributed by atoms with van der Waals surface area (Å²) in [6.07, 6.45) is -4.38. The van der Waals surface area contributed by atoms with E-state index in [2.05, 4.69) is 15.9 Å². The van der Waals surface area contributed by atoms with Gasteiger partial charge in [0.25, 0.3) is 0 Å². The van der Waals surface area contributed by atoms with Crippen LogP contribution in [0.3, 0.4) is 0 Å². The third-order valence-electron chi connectivity index (χ3n) is 3.10. The maximum Gasteiger partial charge on any atom is 0.416 e. The largest absolute Gasteiger partial charge is 0.416 e. The summed E-state index contributed by atoms with van der Waals surface area (Å²) in [5, 5.41) is 0. The Kier molecular flexibility index (Phi) is 4.46. The first-order chi connectivity index (χ1) is 9.77. The average molecular weight is 359 g/mol. The van der Waals surface area contributed by atoms with E-state index < -0.39 is 11.7 Å². The van der Waals surface area contributed by atoms with Gasteiger partial charge in [0.2, 0.25) is 0 Å². The van der Waals surface area contributed by atoms with E-state index in [4.69, 9.17) is 5.73 Å². The third-order valence-corrected chi connectivity index (χ3v) is 3.63. The summed E-state index contributed by atoms with van der Waals surface area (Å²) in [5.41, 5.74) is 6.74. The number of hydrogen-bond donors (Lipinski definition) is 1. The Morgan fingerprint density at radius 1 is 1.10 bits per heavy atom. The van der Waals surface area contributed by atoms with E-state index >= 15 is 0 Å². The highest BCUT2D eigenvalue weighted by Gasteiger charge is 2.31. The van der Waals surface area contributed by atoms with Crippen LogP contribution in [0.15, 0.2) is 46.9 Å². The lowest BCUT2D eigenvalue weighted by atomic mass is 10.1. The molecule has 2 N–H and O–H groups in total. The first kappa shape index (κ1) is 15.7. The summed E-state index contributed by atoms with van der Waals surface area (Å²) in [4.78, 5) is 1.82. The molecule has 0 saturated heterocycles. The molecule has 0 saturated carbocycles. The van der Waals surface area contributed by atoms with Crippen molar-refractivity contribution >= 4 is 27.3 Å². The van der Waals surface area contributed by atoms with Crippen LogP contribution in [0.1, 0.15) is 11.1 Å². The average Bonchev–Trinajstić information content (AvgIpc) is 2.40. The van der Waals surface area contributed by atoms with Crippen LogP contribution in [0.2, 0.25) is 0 Å². The van der Waals surface area contributed by atoms with E-state index in [1.54, 1.807) is 7.05 Å². The van der Waals surface area contributed by atoms with Crippen LogP contribution in [0.4, 0.5) is 24.5 Å². The normalized spacial score (nSPS) is 11.5. The molecule has 0 aliphatic rings. The van der Waals surface area contributed by atoms with Gasteiger partial charge in [-0.3, -0.25) is 0 Å². The van der Waals surface area contributed by atoms with Crippen LogP contribution in [-0.2, 0) is 12.7 Å². The van der Waals surface area contributed by atoms with Crippen LogP contribution in [-0.4, -0.2) is 7.05 Å². The summed E-state index contributed by atoms with van der Waals surface area (Å²) < 4.78 is 38.8. The van der Waals surface area contributed by atoms with E-state index in [1.807, 2.05) is 29.2 Å². The summed E-state index contributed by atoms with van der Waals surface area (Å²) in [7, 11) is 1.79. The fourth-order valence-corrected chi connectivity index (χ4v) is 2.29. The fourth-order valence-electron chi connectivity index (χ4n) is 2.03. The fraction of sp³-hybridized carbons (Fsp3) is 0.200. The second-order valence-corrected chi connectivity index (χ2v) is 5.67. The Balaban J connectivity index is 2.19. The number of benzene rings is 2. The molecule has 2 nitrogen and oxygen atoms in total. The zero-order chi connectivity index (χ0) is 15.6. The second kappa shape index (κ2) is 5.97. The van der Waals surface area contributed by atoms with Crippen LogP contribution in [0.5, 0.6) is 0 Å². The maximum atomic E-state index is 12.6. The van der Waals surface area contributed by atoms with Gasteiger partial charge in [-0.15, -0.1) is 0 Å². The molecule has 0 fully saturated rings. The molecule has 0 spiro atoms. The van der Waals surface area contributed by atoms with Crippen molar-refractivity contribution in [2.75, 3.05) is 17.7 Å². The zero-order valence-corrected chi connectivity index (χ0v) is 12.9. The molecule has 0 aliphatic heterocycles. The van der Waals surface area contributed by atoms with Gasteiger partial charge in [0.1, 0.15) is 0 Å². The van der Waals surface area contributed by atoms with Gasteiger partial charge < -0.3 is 10.6 Å². The molecule has 2 aromatic rings. The summed E-state index contributed by atoms with van der Waals surface area (Å²) in [6, 6.07) is 11.1. The van der Waals surface area contributed by atoms with Crippen LogP contribution in [0, 0.1) is 0 Å². The highest BCUT2D eigenvalue weighted by molar-refractivity contribution is 9.10. The van der Waals surface area contributed by atoms with Gasteiger partial charge in [0.05, 0.1) is 16.9 Å². The van der Waals surface area contributed by atoms with E-state index in [0.29, 0.717) is 12.2 Å². The molecule has 0 heterocycles. The molecule has 0 radical (unpaired) electrons. The van der Waals surface area contributed by atoms with Gasteiger partial charge >= 0.3 is 6.18 Å². The van der Waals surface area contributed by atoms with Gasteiger partial charge in [0, 0.05) is 18.1 Å². The number of nitrogen functional groups attached to an aromatic ring is 1. The van der Waals surface area contributed by atoms with Gasteiger partial charge in [-0.2, -0.15) is 13.2 Å².